The van der Waals surface area contributed by atoms with Crippen LogP contribution in [-0.4, -0.2) is 59.1 Å². The van der Waals surface area contributed by atoms with Gasteiger partial charge in [0.25, 0.3) is 5.91 Å². The van der Waals surface area contributed by atoms with Crippen LogP contribution >= 0.6 is 0 Å². The number of rotatable bonds is 4. The molecule has 2 saturated heterocycles. The fourth-order valence-electron chi connectivity index (χ4n) is 5.54. The van der Waals surface area contributed by atoms with Crippen molar-refractivity contribution in [3.05, 3.63) is 95.3 Å². The van der Waals surface area contributed by atoms with Crippen LogP contribution in [0.3, 0.4) is 0 Å². The maximum atomic E-state index is 13.4. The fraction of sp³-hybridized carbons (Fsp3) is 0.345. The lowest BCUT2D eigenvalue weighted by molar-refractivity contribution is -0.0606. The molecule has 2 heterocycles. The standard InChI is InChI=1S/C29H31FN2O2/c1-20-4-6-21(7-5-20)22-8-10-23(11-9-22)28-26-18-31(16-2-3-17-32(26)27(28)19-33)29(34)24-12-14-25(30)15-13-24/h4-15,26-28,33H,2-3,16-19H2,1H3/t26-,27-,28-/m1/s1. The van der Waals surface area contributed by atoms with Gasteiger partial charge in [-0.2, -0.15) is 0 Å². The normalized spacial score (nSPS) is 22.9. The van der Waals surface area contributed by atoms with Crippen LogP contribution < -0.4 is 0 Å². The molecular weight excluding hydrogens is 427 g/mol. The lowest BCUT2D eigenvalue weighted by Gasteiger charge is -2.57. The average Bonchev–Trinajstić information content (AvgIpc) is 2.84. The van der Waals surface area contributed by atoms with Crippen LogP contribution in [0.25, 0.3) is 11.1 Å². The third-order valence-corrected chi connectivity index (χ3v) is 7.43. The Morgan fingerprint density at radius 2 is 1.53 bits per heavy atom. The summed E-state index contributed by atoms with van der Waals surface area (Å²) < 4.78 is 13.4. The first-order valence-corrected chi connectivity index (χ1v) is 12.1. The summed E-state index contributed by atoms with van der Waals surface area (Å²) in [6, 6.07) is 23.2. The monoisotopic (exact) mass is 458 g/mol. The second-order valence-corrected chi connectivity index (χ2v) is 9.53. The van der Waals surface area contributed by atoms with Crippen molar-refractivity contribution in [2.45, 2.75) is 37.8 Å². The van der Waals surface area contributed by atoms with Crippen molar-refractivity contribution >= 4 is 5.91 Å². The average molecular weight is 459 g/mol. The second-order valence-electron chi connectivity index (χ2n) is 9.53. The highest BCUT2D eigenvalue weighted by atomic mass is 19.1. The molecule has 0 saturated carbocycles. The maximum Gasteiger partial charge on any atom is 0.253 e. The third kappa shape index (κ3) is 4.38. The minimum Gasteiger partial charge on any atom is -0.395 e. The van der Waals surface area contributed by atoms with E-state index >= 15 is 0 Å². The van der Waals surface area contributed by atoms with E-state index in [1.165, 1.54) is 34.4 Å². The highest BCUT2D eigenvalue weighted by molar-refractivity contribution is 5.94. The molecule has 34 heavy (non-hydrogen) atoms. The molecule has 3 atom stereocenters. The maximum absolute atomic E-state index is 13.4. The zero-order valence-corrected chi connectivity index (χ0v) is 19.5. The van der Waals surface area contributed by atoms with Crippen molar-refractivity contribution in [1.29, 1.82) is 0 Å². The first-order valence-electron chi connectivity index (χ1n) is 12.1. The number of halogens is 1. The van der Waals surface area contributed by atoms with Gasteiger partial charge < -0.3 is 10.0 Å². The number of hydrogen-bond donors (Lipinski definition) is 1. The fourth-order valence-corrected chi connectivity index (χ4v) is 5.54. The summed E-state index contributed by atoms with van der Waals surface area (Å²) in [5, 5.41) is 10.2. The summed E-state index contributed by atoms with van der Waals surface area (Å²) in [5.74, 6) is -0.226. The quantitative estimate of drug-likeness (QED) is 0.607. The number of aliphatic hydroxyl groups excluding tert-OH is 1. The van der Waals surface area contributed by atoms with Crippen LogP contribution in [0, 0.1) is 12.7 Å². The molecule has 2 fully saturated rings. The van der Waals surface area contributed by atoms with E-state index in [1.807, 2.05) is 4.90 Å². The molecule has 3 aromatic rings. The molecule has 0 unspecified atom stereocenters. The Bertz CT molecular complexity index is 1130. The summed E-state index contributed by atoms with van der Waals surface area (Å²) in [6.45, 7) is 4.43. The lowest BCUT2D eigenvalue weighted by Crippen LogP contribution is -2.67. The van der Waals surface area contributed by atoms with Crippen molar-refractivity contribution in [1.82, 2.24) is 9.80 Å². The van der Waals surface area contributed by atoms with E-state index in [0.29, 0.717) is 18.7 Å². The van der Waals surface area contributed by atoms with Crippen LogP contribution in [-0.2, 0) is 0 Å². The number of aryl methyl sites for hydroxylation is 1. The molecular formula is C29H31FN2O2. The zero-order chi connectivity index (χ0) is 23.7. The minimum absolute atomic E-state index is 0.0530. The number of fused-ring (bicyclic) bond motifs is 1. The van der Waals surface area contributed by atoms with Gasteiger partial charge in [-0.3, -0.25) is 9.69 Å². The number of aliphatic hydroxyl groups is 1. The number of nitrogens with zero attached hydrogens (tertiary/aromatic N) is 2. The molecule has 1 N–H and O–H groups in total. The Balaban J connectivity index is 1.38. The number of amides is 1. The van der Waals surface area contributed by atoms with Crippen LogP contribution in [0.15, 0.2) is 72.8 Å². The smallest absolute Gasteiger partial charge is 0.253 e. The van der Waals surface area contributed by atoms with Crippen molar-refractivity contribution in [2.75, 3.05) is 26.2 Å². The Morgan fingerprint density at radius 1 is 0.912 bits per heavy atom. The molecule has 1 amide bonds. The Kier molecular flexibility index (Phi) is 6.48. The highest BCUT2D eigenvalue weighted by Gasteiger charge is 2.49. The molecule has 0 bridgehead atoms. The molecule has 3 aromatic carbocycles. The summed E-state index contributed by atoms with van der Waals surface area (Å²) in [6.07, 6.45) is 1.91. The van der Waals surface area contributed by atoms with Gasteiger partial charge in [-0.1, -0.05) is 54.1 Å². The minimum atomic E-state index is -0.339. The van der Waals surface area contributed by atoms with Crippen molar-refractivity contribution in [3.63, 3.8) is 0 Å². The van der Waals surface area contributed by atoms with Gasteiger partial charge in [0.1, 0.15) is 5.82 Å². The molecule has 5 heteroatoms. The Hall–Kier alpha value is -3.02. The van der Waals surface area contributed by atoms with Gasteiger partial charge in [-0.05, 0) is 67.3 Å². The third-order valence-electron chi connectivity index (χ3n) is 7.43. The SMILES string of the molecule is Cc1ccc(-c2ccc([C@H]3[C@@H](CO)N4CCCCN(C(=O)c5ccc(F)cc5)C[C@H]34)cc2)cc1. The summed E-state index contributed by atoms with van der Waals surface area (Å²) >= 11 is 0. The number of carbonyl (C=O) groups excluding carboxylic acids is 1. The van der Waals surface area contributed by atoms with E-state index in [1.54, 1.807) is 12.1 Å². The Labute approximate surface area is 200 Å². The van der Waals surface area contributed by atoms with E-state index in [9.17, 15) is 14.3 Å². The Morgan fingerprint density at radius 3 is 2.18 bits per heavy atom. The van der Waals surface area contributed by atoms with Crippen LogP contribution in [0.2, 0.25) is 0 Å². The first kappa shape index (κ1) is 22.8. The van der Waals surface area contributed by atoms with E-state index in [-0.39, 0.29) is 36.3 Å². The van der Waals surface area contributed by atoms with E-state index in [0.717, 1.165) is 19.4 Å². The molecule has 4 nitrogen and oxygen atoms in total. The lowest BCUT2D eigenvalue weighted by atomic mass is 9.74. The van der Waals surface area contributed by atoms with Gasteiger partial charge in [-0.15, -0.1) is 0 Å². The molecule has 0 radical (unpaired) electrons. The predicted octanol–water partition coefficient (Wildman–Crippen LogP) is 4.87. The highest BCUT2D eigenvalue weighted by Crippen LogP contribution is 2.42. The summed E-state index contributed by atoms with van der Waals surface area (Å²) in [5.41, 5.74) is 5.32. The zero-order valence-electron chi connectivity index (χ0n) is 19.5. The number of hydrogen-bond acceptors (Lipinski definition) is 3. The summed E-state index contributed by atoms with van der Waals surface area (Å²) in [7, 11) is 0. The molecule has 2 aliphatic heterocycles. The van der Waals surface area contributed by atoms with Gasteiger partial charge in [0.05, 0.1) is 6.61 Å². The van der Waals surface area contributed by atoms with Gasteiger partial charge >= 0.3 is 0 Å². The van der Waals surface area contributed by atoms with Crippen LogP contribution in [0.4, 0.5) is 4.39 Å². The van der Waals surface area contributed by atoms with Gasteiger partial charge in [0, 0.05) is 36.7 Å². The van der Waals surface area contributed by atoms with Crippen molar-refractivity contribution < 1.29 is 14.3 Å². The second kappa shape index (κ2) is 9.69. The van der Waals surface area contributed by atoms with Crippen molar-refractivity contribution in [2.24, 2.45) is 0 Å². The molecule has 0 aromatic heterocycles. The summed E-state index contributed by atoms with van der Waals surface area (Å²) in [4.78, 5) is 17.5. The van der Waals surface area contributed by atoms with Crippen LogP contribution in [0.5, 0.6) is 0 Å². The largest absolute Gasteiger partial charge is 0.395 e. The van der Waals surface area contributed by atoms with Crippen molar-refractivity contribution in [3.8, 4) is 11.1 Å². The molecule has 2 aliphatic rings. The molecule has 176 valence electrons. The van der Waals surface area contributed by atoms with Gasteiger partial charge in [0.2, 0.25) is 0 Å². The van der Waals surface area contributed by atoms with Gasteiger partial charge in [0.15, 0.2) is 0 Å². The van der Waals surface area contributed by atoms with E-state index in [2.05, 4.69) is 60.4 Å². The predicted molar refractivity (Wildman–Crippen MR) is 132 cm³/mol. The van der Waals surface area contributed by atoms with Crippen LogP contribution in [0.1, 0.15) is 40.2 Å². The number of benzene rings is 3. The molecule has 5 rings (SSSR count). The first-order chi connectivity index (χ1) is 16.5. The van der Waals surface area contributed by atoms with E-state index in [4.69, 9.17) is 0 Å². The molecule has 0 aliphatic carbocycles. The number of carbonyl (C=O) groups is 1. The topological polar surface area (TPSA) is 43.8 Å². The van der Waals surface area contributed by atoms with E-state index < -0.39 is 0 Å². The molecule has 0 spiro atoms. The van der Waals surface area contributed by atoms with Gasteiger partial charge in [-0.25, -0.2) is 4.39 Å².